The molecular formula is C11H19NO3. The summed E-state index contributed by atoms with van der Waals surface area (Å²) in [4.78, 5) is 22.0. The van der Waals surface area contributed by atoms with Crippen LogP contribution in [-0.2, 0) is 9.59 Å². The summed E-state index contributed by atoms with van der Waals surface area (Å²) in [6.45, 7) is 4.54. The maximum Gasteiger partial charge on any atom is 0.328 e. The number of unbranched alkanes of at least 4 members (excludes halogenated alkanes) is 1. The molecule has 0 fully saturated rings. The van der Waals surface area contributed by atoms with Gasteiger partial charge in [-0.2, -0.15) is 0 Å². The normalized spacial score (nSPS) is 11.2. The van der Waals surface area contributed by atoms with Crippen molar-refractivity contribution in [2.45, 2.75) is 39.5 Å². The Morgan fingerprint density at radius 1 is 1.27 bits per heavy atom. The van der Waals surface area contributed by atoms with Gasteiger partial charge in [-0.3, -0.25) is 4.79 Å². The second-order valence-electron chi connectivity index (χ2n) is 3.37. The van der Waals surface area contributed by atoms with E-state index in [0.717, 1.165) is 25.3 Å². The van der Waals surface area contributed by atoms with E-state index in [4.69, 9.17) is 5.11 Å². The minimum atomic E-state index is -1.06. The van der Waals surface area contributed by atoms with E-state index in [2.05, 4.69) is 5.32 Å². The highest BCUT2D eigenvalue weighted by molar-refractivity contribution is 5.98. The van der Waals surface area contributed by atoms with E-state index < -0.39 is 5.97 Å². The molecule has 4 nitrogen and oxygen atoms in total. The number of rotatable bonds is 7. The molecule has 0 aliphatic heterocycles. The molecule has 0 rings (SSSR count). The van der Waals surface area contributed by atoms with Crippen molar-refractivity contribution < 1.29 is 14.7 Å². The smallest absolute Gasteiger partial charge is 0.328 e. The fraction of sp³-hybridized carbons (Fsp3) is 0.636. The highest BCUT2D eigenvalue weighted by Gasteiger charge is 2.09. The molecule has 0 saturated heterocycles. The first-order valence-corrected chi connectivity index (χ1v) is 5.33. The molecule has 0 radical (unpaired) electrons. The van der Waals surface area contributed by atoms with Gasteiger partial charge < -0.3 is 10.4 Å². The molecule has 0 aromatic rings. The van der Waals surface area contributed by atoms with Gasteiger partial charge in [0.1, 0.15) is 0 Å². The van der Waals surface area contributed by atoms with Crippen LogP contribution in [0.15, 0.2) is 11.6 Å². The highest BCUT2D eigenvalue weighted by atomic mass is 16.4. The lowest BCUT2D eigenvalue weighted by atomic mass is 10.1. The van der Waals surface area contributed by atoms with Crippen molar-refractivity contribution in [2.24, 2.45) is 0 Å². The summed E-state index contributed by atoms with van der Waals surface area (Å²) in [6, 6.07) is 0. The lowest BCUT2D eigenvalue weighted by Gasteiger charge is -2.06. The van der Waals surface area contributed by atoms with Gasteiger partial charge in [-0.25, -0.2) is 4.79 Å². The molecule has 0 spiro atoms. The Hall–Kier alpha value is -1.32. The minimum absolute atomic E-state index is 0.257. The fourth-order valence-corrected chi connectivity index (χ4v) is 1.12. The molecule has 0 atom stereocenters. The van der Waals surface area contributed by atoms with Crippen molar-refractivity contribution in [3.05, 3.63) is 11.6 Å². The number of carboxylic acid groups (broad SMARTS) is 1. The number of carboxylic acids is 1. The number of hydrogen-bond donors (Lipinski definition) is 2. The standard InChI is InChI=1S/C11H19NO3/c1-3-5-6-9(8-10(13)14)11(15)12-7-4-2/h8H,3-7H2,1-2H3,(H,12,15)(H,13,14)/b9-8+. The van der Waals surface area contributed by atoms with E-state index in [9.17, 15) is 9.59 Å². The van der Waals surface area contributed by atoms with Crippen LogP contribution >= 0.6 is 0 Å². The molecule has 2 N–H and O–H groups in total. The summed E-state index contributed by atoms with van der Waals surface area (Å²) in [5.74, 6) is -1.32. The van der Waals surface area contributed by atoms with Crippen LogP contribution in [0.5, 0.6) is 0 Å². The Labute approximate surface area is 90.4 Å². The van der Waals surface area contributed by atoms with Gasteiger partial charge in [-0.1, -0.05) is 20.3 Å². The summed E-state index contributed by atoms with van der Waals surface area (Å²) < 4.78 is 0. The lowest BCUT2D eigenvalue weighted by Crippen LogP contribution is -2.26. The van der Waals surface area contributed by atoms with Gasteiger partial charge in [0, 0.05) is 18.2 Å². The van der Waals surface area contributed by atoms with Gasteiger partial charge in [0.15, 0.2) is 0 Å². The molecule has 0 aromatic heterocycles. The number of carbonyl (C=O) groups excluding carboxylic acids is 1. The topological polar surface area (TPSA) is 66.4 Å². The highest BCUT2D eigenvalue weighted by Crippen LogP contribution is 2.07. The molecular weight excluding hydrogens is 194 g/mol. The molecule has 0 aliphatic rings. The van der Waals surface area contributed by atoms with E-state index in [0.29, 0.717) is 18.5 Å². The number of nitrogens with one attached hydrogen (secondary N) is 1. The third-order valence-corrected chi connectivity index (χ3v) is 1.92. The first kappa shape index (κ1) is 13.7. The predicted molar refractivity (Wildman–Crippen MR) is 58.5 cm³/mol. The first-order valence-electron chi connectivity index (χ1n) is 5.33. The fourth-order valence-electron chi connectivity index (χ4n) is 1.12. The largest absolute Gasteiger partial charge is 0.478 e. The zero-order valence-corrected chi connectivity index (χ0v) is 9.38. The zero-order valence-electron chi connectivity index (χ0n) is 9.38. The number of carbonyl (C=O) groups is 2. The summed E-state index contributed by atoms with van der Waals surface area (Å²) in [6.07, 6.45) is 4.15. The zero-order chi connectivity index (χ0) is 11.7. The minimum Gasteiger partial charge on any atom is -0.478 e. The maximum atomic E-state index is 11.5. The Morgan fingerprint density at radius 3 is 2.40 bits per heavy atom. The summed E-state index contributed by atoms with van der Waals surface area (Å²) in [5.41, 5.74) is 0.359. The van der Waals surface area contributed by atoms with Crippen LogP contribution in [0.1, 0.15) is 39.5 Å². The molecule has 15 heavy (non-hydrogen) atoms. The van der Waals surface area contributed by atoms with Crippen LogP contribution in [0.4, 0.5) is 0 Å². The van der Waals surface area contributed by atoms with Gasteiger partial charge in [0.25, 0.3) is 0 Å². The molecule has 0 bridgehead atoms. The molecule has 0 aliphatic carbocycles. The van der Waals surface area contributed by atoms with Crippen LogP contribution in [0.2, 0.25) is 0 Å². The van der Waals surface area contributed by atoms with Crippen LogP contribution in [-0.4, -0.2) is 23.5 Å². The second-order valence-corrected chi connectivity index (χ2v) is 3.37. The Bertz CT molecular complexity index is 246. The van der Waals surface area contributed by atoms with E-state index >= 15 is 0 Å². The number of aliphatic carboxylic acids is 1. The molecule has 4 heteroatoms. The second kappa shape index (κ2) is 8.03. The van der Waals surface area contributed by atoms with Crippen molar-refractivity contribution in [1.29, 1.82) is 0 Å². The van der Waals surface area contributed by atoms with Crippen molar-refractivity contribution in [2.75, 3.05) is 6.54 Å². The lowest BCUT2D eigenvalue weighted by molar-refractivity contribution is -0.132. The average molecular weight is 213 g/mol. The van der Waals surface area contributed by atoms with Crippen molar-refractivity contribution in [1.82, 2.24) is 5.32 Å². The third-order valence-electron chi connectivity index (χ3n) is 1.92. The molecule has 1 amide bonds. The van der Waals surface area contributed by atoms with Crippen LogP contribution in [0.25, 0.3) is 0 Å². The Kier molecular flexibility index (Phi) is 7.32. The summed E-state index contributed by atoms with van der Waals surface area (Å²) >= 11 is 0. The van der Waals surface area contributed by atoms with Gasteiger partial charge in [0.05, 0.1) is 0 Å². The van der Waals surface area contributed by atoms with Crippen molar-refractivity contribution in [3.63, 3.8) is 0 Å². The molecule has 0 heterocycles. The SMILES string of the molecule is CCCC/C(=C\C(=O)O)C(=O)NCCC. The number of amides is 1. The molecule has 0 unspecified atom stereocenters. The average Bonchev–Trinajstić information content (AvgIpc) is 2.20. The van der Waals surface area contributed by atoms with E-state index in [1.165, 1.54) is 0 Å². The van der Waals surface area contributed by atoms with Crippen LogP contribution in [0.3, 0.4) is 0 Å². The van der Waals surface area contributed by atoms with Gasteiger partial charge in [-0.05, 0) is 19.3 Å². The van der Waals surface area contributed by atoms with Gasteiger partial charge in [0.2, 0.25) is 5.91 Å². The van der Waals surface area contributed by atoms with E-state index in [-0.39, 0.29) is 5.91 Å². The Balaban J connectivity index is 4.34. The summed E-state index contributed by atoms with van der Waals surface area (Å²) in [7, 11) is 0. The van der Waals surface area contributed by atoms with Crippen molar-refractivity contribution in [3.8, 4) is 0 Å². The third kappa shape index (κ3) is 6.71. The van der Waals surface area contributed by atoms with Gasteiger partial charge >= 0.3 is 5.97 Å². The number of hydrogen-bond acceptors (Lipinski definition) is 2. The quantitative estimate of drug-likeness (QED) is 0.633. The van der Waals surface area contributed by atoms with Crippen molar-refractivity contribution >= 4 is 11.9 Å². The monoisotopic (exact) mass is 213 g/mol. The predicted octanol–water partition coefficient (Wildman–Crippen LogP) is 1.71. The molecule has 0 saturated carbocycles. The summed E-state index contributed by atoms with van der Waals surface area (Å²) in [5, 5.41) is 11.3. The van der Waals surface area contributed by atoms with E-state index in [1.807, 2.05) is 13.8 Å². The molecule has 86 valence electrons. The Morgan fingerprint density at radius 2 is 1.93 bits per heavy atom. The first-order chi connectivity index (χ1) is 7.11. The van der Waals surface area contributed by atoms with Crippen LogP contribution in [0, 0.1) is 0 Å². The van der Waals surface area contributed by atoms with E-state index in [1.54, 1.807) is 0 Å². The maximum absolute atomic E-state index is 11.5. The van der Waals surface area contributed by atoms with Crippen LogP contribution < -0.4 is 5.32 Å². The molecule has 0 aromatic carbocycles. The van der Waals surface area contributed by atoms with Gasteiger partial charge in [-0.15, -0.1) is 0 Å².